The Morgan fingerprint density at radius 1 is 1.07 bits per heavy atom. The lowest BCUT2D eigenvalue weighted by atomic mass is 10.1. The third kappa shape index (κ3) is 3.76. The summed E-state index contributed by atoms with van der Waals surface area (Å²) in [6.07, 6.45) is 4.90. The van der Waals surface area contributed by atoms with E-state index in [0.717, 1.165) is 30.5 Å². The van der Waals surface area contributed by atoms with Crippen molar-refractivity contribution < 1.29 is 9.59 Å². The molecule has 0 saturated heterocycles. The van der Waals surface area contributed by atoms with Crippen molar-refractivity contribution in [3.8, 4) is 5.69 Å². The number of amides is 2. The van der Waals surface area contributed by atoms with E-state index in [4.69, 9.17) is 5.73 Å². The van der Waals surface area contributed by atoms with Crippen molar-refractivity contribution in [2.75, 3.05) is 5.32 Å². The Hall–Kier alpha value is -3.67. The highest BCUT2D eigenvalue weighted by molar-refractivity contribution is 6.05. The molecule has 30 heavy (non-hydrogen) atoms. The zero-order valence-corrected chi connectivity index (χ0v) is 16.8. The second-order valence-electron chi connectivity index (χ2n) is 7.61. The van der Waals surface area contributed by atoms with Gasteiger partial charge in [0.1, 0.15) is 5.56 Å². The van der Waals surface area contributed by atoms with Crippen molar-refractivity contribution in [2.45, 2.75) is 32.6 Å². The maximum Gasteiger partial charge on any atom is 0.268 e. The molecule has 0 atom stereocenters. The summed E-state index contributed by atoms with van der Waals surface area (Å²) < 4.78 is 1.57. The lowest BCUT2D eigenvalue weighted by molar-refractivity contribution is -0.117. The van der Waals surface area contributed by atoms with E-state index in [1.54, 1.807) is 48.0 Å². The SMILES string of the molecule is Cc1ccn(-c2cccc3c2CCC3)c(=O)c1C(=O)Nc1ccc(CC(N)=O)cc1. The summed E-state index contributed by atoms with van der Waals surface area (Å²) in [7, 11) is 0. The third-order valence-electron chi connectivity index (χ3n) is 5.50. The minimum atomic E-state index is -0.456. The average molecular weight is 401 g/mol. The second-order valence-corrected chi connectivity index (χ2v) is 7.61. The van der Waals surface area contributed by atoms with E-state index in [1.165, 1.54) is 11.1 Å². The van der Waals surface area contributed by atoms with E-state index in [9.17, 15) is 14.4 Å². The molecule has 2 amide bonds. The lowest BCUT2D eigenvalue weighted by Crippen LogP contribution is -2.29. The van der Waals surface area contributed by atoms with Gasteiger partial charge in [-0.2, -0.15) is 0 Å². The molecule has 6 heteroatoms. The van der Waals surface area contributed by atoms with Gasteiger partial charge in [-0.3, -0.25) is 19.0 Å². The normalized spacial score (nSPS) is 12.4. The number of carbonyl (C=O) groups is 2. The topological polar surface area (TPSA) is 94.2 Å². The molecular formula is C24H23N3O3. The molecule has 0 unspecified atom stereocenters. The zero-order chi connectivity index (χ0) is 21.3. The Labute approximate surface area is 174 Å². The second kappa shape index (κ2) is 7.99. The number of nitrogens with zero attached hydrogens (tertiary/aromatic N) is 1. The van der Waals surface area contributed by atoms with Crippen LogP contribution in [0.2, 0.25) is 0 Å². The Kier molecular flexibility index (Phi) is 5.23. The van der Waals surface area contributed by atoms with Crippen molar-refractivity contribution in [3.05, 3.63) is 92.9 Å². The van der Waals surface area contributed by atoms with Crippen LogP contribution >= 0.6 is 0 Å². The van der Waals surface area contributed by atoms with Gasteiger partial charge < -0.3 is 11.1 Å². The molecule has 6 nitrogen and oxygen atoms in total. The highest BCUT2D eigenvalue weighted by Gasteiger charge is 2.20. The number of aryl methyl sites for hydroxylation is 2. The number of benzene rings is 2. The average Bonchev–Trinajstić information content (AvgIpc) is 3.18. The molecule has 0 spiro atoms. The van der Waals surface area contributed by atoms with Gasteiger partial charge in [-0.25, -0.2) is 0 Å². The summed E-state index contributed by atoms with van der Waals surface area (Å²) in [6, 6.07) is 14.6. The third-order valence-corrected chi connectivity index (χ3v) is 5.50. The first kappa shape index (κ1) is 19.6. The molecule has 4 rings (SSSR count). The summed E-state index contributed by atoms with van der Waals surface area (Å²) in [6.45, 7) is 1.76. The van der Waals surface area contributed by atoms with Gasteiger partial charge in [0.2, 0.25) is 5.91 Å². The van der Waals surface area contributed by atoms with Gasteiger partial charge in [-0.05, 0) is 72.7 Å². The van der Waals surface area contributed by atoms with Crippen LogP contribution in [0.4, 0.5) is 5.69 Å². The fourth-order valence-corrected chi connectivity index (χ4v) is 4.02. The summed E-state index contributed by atoms with van der Waals surface area (Å²) in [5.41, 5.74) is 10.2. The molecule has 1 heterocycles. The van der Waals surface area contributed by atoms with Crippen LogP contribution in [0.25, 0.3) is 5.69 Å². The quantitative estimate of drug-likeness (QED) is 0.688. The highest BCUT2D eigenvalue weighted by atomic mass is 16.2. The van der Waals surface area contributed by atoms with Gasteiger partial charge in [0.05, 0.1) is 12.1 Å². The molecule has 0 saturated carbocycles. The van der Waals surface area contributed by atoms with E-state index in [0.29, 0.717) is 11.3 Å². The molecule has 2 aromatic carbocycles. The van der Waals surface area contributed by atoms with Gasteiger partial charge in [-0.1, -0.05) is 24.3 Å². The number of hydrogen-bond acceptors (Lipinski definition) is 3. The van der Waals surface area contributed by atoms with Crippen molar-refractivity contribution in [3.63, 3.8) is 0 Å². The van der Waals surface area contributed by atoms with Gasteiger partial charge in [-0.15, -0.1) is 0 Å². The molecule has 3 aromatic rings. The van der Waals surface area contributed by atoms with Gasteiger partial charge in [0, 0.05) is 11.9 Å². The highest BCUT2D eigenvalue weighted by Crippen LogP contribution is 2.27. The fraction of sp³-hybridized carbons (Fsp3) is 0.208. The minimum absolute atomic E-state index is 0.120. The number of hydrogen-bond donors (Lipinski definition) is 2. The molecule has 1 aromatic heterocycles. The standard InChI is InChI=1S/C24H23N3O3/c1-15-12-13-27(20-7-3-5-17-4-2-6-19(17)20)24(30)22(15)23(29)26-18-10-8-16(9-11-18)14-21(25)28/h3,5,7-13H,2,4,6,14H2,1H3,(H2,25,28)(H,26,29). The van der Waals surface area contributed by atoms with Crippen LogP contribution in [0.5, 0.6) is 0 Å². The number of carbonyl (C=O) groups excluding carboxylic acids is 2. The number of aromatic nitrogens is 1. The molecule has 152 valence electrons. The monoisotopic (exact) mass is 401 g/mol. The van der Waals surface area contributed by atoms with Crippen LogP contribution in [0, 0.1) is 6.92 Å². The van der Waals surface area contributed by atoms with Crippen LogP contribution in [0.3, 0.4) is 0 Å². The molecule has 0 fully saturated rings. The summed E-state index contributed by atoms with van der Waals surface area (Å²) in [5.74, 6) is -0.873. The summed E-state index contributed by atoms with van der Waals surface area (Å²) >= 11 is 0. The number of primary amides is 1. The van der Waals surface area contributed by atoms with Crippen LogP contribution in [-0.2, 0) is 24.1 Å². The van der Waals surface area contributed by atoms with Crippen molar-refractivity contribution in [1.29, 1.82) is 0 Å². The lowest BCUT2D eigenvalue weighted by Gasteiger charge is -2.14. The van der Waals surface area contributed by atoms with Crippen LogP contribution in [0.15, 0.2) is 59.5 Å². The fourth-order valence-electron chi connectivity index (χ4n) is 4.02. The summed E-state index contributed by atoms with van der Waals surface area (Å²) in [4.78, 5) is 37.2. The Bertz CT molecular complexity index is 1190. The Morgan fingerprint density at radius 3 is 2.57 bits per heavy atom. The van der Waals surface area contributed by atoms with Gasteiger partial charge in [0.25, 0.3) is 11.5 Å². The summed E-state index contributed by atoms with van der Waals surface area (Å²) in [5, 5.41) is 2.78. The van der Waals surface area contributed by atoms with E-state index in [2.05, 4.69) is 11.4 Å². The first-order valence-corrected chi connectivity index (χ1v) is 9.96. The minimum Gasteiger partial charge on any atom is -0.369 e. The molecule has 0 aliphatic heterocycles. The number of anilines is 1. The maximum absolute atomic E-state index is 13.2. The Morgan fingerprint density at radius 2 is 1.83 bits per heavy atom. The zero-order valence-electron chi connectivity index (χ0n) is 16.8. The van der Waals surface area contributed by atoms with E-state index < -0.39 is 11.8 Å². The van der Waals surface area contributed by atoms with Gasteiger partial charge in [0.15, 0.2) is 0 Å². The smallest absolute Gasteiger partial charge is 0.268 e. The van der Waals surface area contributed by atoms with Crippen LogP contribution < -0.4 is 16.6 Å². The van der Waals surface area contributed by atoms with Crippen molar-refractivity contribution >= 4 is 17.5 Å². The van der Waals surface area contributed by atoms with E-state index in [-0.39, 0.29) is 17.5 Å². The van der Waals surface area contributed by atoms with Crippen molar-refractivity contribution in [1.82, 2.24) is 4.57 Å². The van der Waals surface area contributed by atoms with Crippen molar-refractivity contribution in [2.24, 2.45) is 5.73 Å². The molecule has 3 N–H and O–H groups in total. The van der Waals surface area contributed by atoms with E-state index in [1.807, 2.05) is 12.1 Å². The molecule has 1 aliphatic rings. The largest absolute Gasteiger partial charge is 0.369 e. The van der Waals surface area contributed by atoms with Gasteiger partial charge >= 0.3 is 0 Å². The van der Waals surface area contributed by atoms with E-state index >= 15 is 0 Å². The molecule has 1 aliphatic carbocycles. The maximum atomic E-state index is 13.2. The Balaban J connectivity index is 1.66. The number of rotatable bonds is 5. The van der Waals surface area contributed by atoms with Crippen LogP contribution in [-0.4, -0.2) is 16.4 Å². The molecule has 0 radical (unpaired) electrons. The number of nitrogens with one attached hydrogen (secondary N) is 1. The molecule has 0 bridgehead atoms. The first-order valence-electron chi connectivity index (χ1n) is 9.96. The number of fused-ring (bicyclic) bond motifs is 1. The number of pyridine rings is 1. The predicted octanol–water partition coefficient (Wildman–Crippen LogP) is 2.91. The van der Waals surface area contributed by atoms with Crippen LogP contribution in [0.1, 0.15) is 39.0 Å². The number of nitrogens with two attached hydrogens (primary N) is 1. The predicted molar refractivity (Wildman–Crippen MR) is 116 cm³/mol. The molecular weight excluding hydrogens is 378 g/mol. The first-order chi connectivity index (χ1) is 14.4.